The lowest BCUT2D eigenvalue weighted by Gasteiger charge is -2.10. The zero-order chi connectivity index (χ0) is 19.5. The lowest BCUT2D eigenvalue weighted by Crippen LogP contribution is -2.17. The molecule has 0 spiro atoms. The van der Waals surface area contributed by atoms with E-state index in [1.54, 1.807) is 6.08 Å². The van der Waals surface area contributed by atoms with Gasteiger partial charge in [0.05, 0.1) is 15.1 Å². The van der Waals surface area contributed by atoms with Crippen molar-refractivity contribution in [3.8, 4) is 10.9 Å². The Hall–Kier alpha value is -1.94. The minimum absolute atomic E-state index is 0.194. The number of ether oxygens (including phenoxy) is 2. The third-order valence-electron chi connectivity index (χ3n) is 3.74. The van der Waals surface area contributed by atoms with Crippen LogP contribution in [0.4, 0.5) is 0 Å². The largest absolute Gasteiger partial charge is 0.489 e. The Bertz CT molecular complexity index is 1060. The predicted molar refractivity (Wildman–Crippen MR) is 121 cm³/mol. The third kappa shape index (κ3) is 4.54. The number of aromatic nitrogens is 1. The van der Waals surface area contributed by atoms with E-state index in [1.807, 2.05) is 42.5 Å². The van der Waals surface area contributed by atoms with Crippen LogP contribution < -0.4 is 14.8 Å². The number of benzene rings is 2. The number of carbonyl (C=O) groups is 1. The van der Waals surface area contributed by atoms with E-state index in [0.717, 1.165) is 20.3 Å². The minimum atomic E-state index is -0.194. The van der Waals surface area contributed by atoms with Gasteiger partial charge in [-0.2, -0.15) is 0 Å². The smallest absolute Gasteiger partial charge is 0.274 e. The molecule has 0 aliphatic carbocycles. The van der Waals surface area contributed by atoms with Gasteiger partial charge in [0.25, 0.3) is 11.1 Å². The summed E-state index contributed by atoms with van der Waals surface area (Å²) in [6.07, 6.45) is 1.77. The molecular weight excluding hydrogens is 480 g/mol. The van der Waals surface area contributed by atoms with Crippen molar-refractivity contribution in [1.82, 2.24) is 10.3 Å². The van der Waals surface area contributed by atoms with Gasteiger partial charge in [-0.15, -0.1) is 0 Å². The van der Waals surface area contributed by atoms with E-state index in [9.17, 15) is 4.79 Å². The first kappa shape index (κ1) is 19.4. The van der Waals surface area contributed by atoms with Gasteiger partial charge >= 0.3 is 0 Å². The number of rotatable bonds is 6. The fraction of sp³-hybridized carbons (Fsp3) is 0.105. The van der Waals surface area contributed by atoms with Crippen LogP contribution in [-0.2, 0) is 4.79 Å². The predicted octanol–water partition coefficient (Wildman–Crippen LogP) is 5.01. The number of para-hydroxylation sites is 1. The average Bonchev–Trinajstić information content (AvgIpc) is 3.22. The molecule has 1 saturated heterocycles. The summed E-state index contributed by atoms with van der Waals surface area (Å²) >= 11 is 11.2. The summed E-state index contributed by atoms with van der Waals surface area (Å²) in [7, 11) is 0. The molecule has 1 aromatic heterocycles. The number of thioether (sulfide) groups is 1. The van der Waals surface area contributed by atoms with Gasteiger partial charge in [0.1, 0.15) is 23.3 Å². The molecule has 28 heavy (non-hydrogen) atoms. The molecule has 0 saturated carbocycles. The zero-order valence-electron chi connectivity index (χ0n) is 14.3. The van der Waals surface area contributed by atoms with E-state index in [4.69, 9.17) is 21.7 Å². The van der Waals surface area contributed by atoms with Gasteiger partial charge in [-0.1, -0.05) is 63.4 Å². The van der Waals surface area contributed by atoms with Crippen LogP contribution in [-0.4, -0.2) is 28.4 Å². The second kappa shape index (κ2) is 8.60. The summed E-state index contributed by atoms with van der Waals surface area (Å²) in [5.74, 6) is 0.468. The highest BCUT2D eigenvalue weighted by molar-refractivity contribution is 9.10. The molecule has 2 heterocycles. The van der Waals surface area contributed by atoms with Gasteiger partial charge in [-0.05, 0) is 36.4 Å². The number of nitrogens with zero attached hydrogens (tertiary/aromatic N) is 1. The summed E-state index contributed by atoms with van der Waals surface area (Å²) < 4.78 is 14.0. The molecule has 9 heteroatoms. The van der Waals surface area contributed by atoms with Crippen molar-refractivity contribution in [2.45, 2.75) is 0 Å². The third-order valence-corrected chi connectivity index (χ3v) is 6.35. The van der Waals surface area contributed by atoms with Crippen LogP contribution in [0.3, 0.4) is 0 Å². The molecule has 0 bridgehead atoms. The highest BCUT2D eigenvalue weighted by atomic mass is 79.9. The molecule has 0 unspecified atom stereocenters. The summed E-state index contributed by atoms with van der Waals surface area (Å²) in [6.45, 7) is 0.719. The van der Waals surface area contributed by atoms with E-state index in [2.05, 4.69) is 26.2 Å². The van der Waals surface area contributed by atoms with Gasteiger partial charge in [-0.3, -0.25) is 4.79 Å². The second-order valence-electron chi connectivity index (χ2n) is 5.68. The molecule has 5 nitrogen and oxygen atoms in total. The summed E-state index contributed by atoms with van der Waals surface area (Å²) in [5.41, 5.74) is 1.72. The molecule has 2 aromatic carbocycles. The van der Waals surface area contributed by atoms with Crippen LogP contribution >= 0.6 is 51.2 Å². The van der Waals surface area contributed by atoms with Crippen molar-refractivity contribution in [3.63, 3.8) is 0 Å². The second-order valence-corrected chi connectivity index (χ2v) is 9.31. The van der Waals surface area contributed by atoms with Gasteiger partial charge < -0.3 is 14.8 Å². The molecule has 1 aliphatic heterocycles. The normalized spacial score (nSPS) is 15.2. The van der Waals surface area contributed by atoms with E-state index in [0.29, 0.717) is 33.4 Å². The van der Waals surface area contributed by atoms with Crippen LogP contribution in [0, 0.1) is 0 Å². The van der Waals surface area contributed by atoms with Crippen LogP contribution in [0.2, 0.25) is 0 Å². The zero-order valence-corrected chi connectivity index (χ0v) is 18.3. The van der Waals surface area contributed by atoms with Crippen molar-refractivity contribution >= 4 is 77.8 Å². The van der Waals surface area contributed by atoms with E-state index in [1.165, 1.54) is 23.1 Å². The number of hydrogen-bond donors (Lipinski definition) is 1. The van der Waals surface area contributed by atoms with Crippen molar-refractivity contribution in [2.75, 3.05) is 13.2 Å². The Morgan fingerprint density at radius 1 is 1.18 bits per heavy atom. The minimum Gasteiger partial charge on any atom is -0.489 e. The van der Waals surface area contributed by atoms with E-state index < -0.39 is 0 Å². The van der Waals surface area contributed by atoms with E-state index >= 15 is 0 Å². The van der Waals surface area contributed by atoms with Crippen molar-refractivity contribution in [2.24, 2.45) is 0 Å². The Balaban J connectivity index is 1.41. The molecule has 1 aliphatic rings. The van der Waals surface area contributed by atoms with E-state index in [-0.39, 0.29) is 5.91 Å². The Morgan fingerprint density at radius 2 is 2.00 bits per heavy atom. The SMILES string of the molecule is O=C1NC(=S)S/C1=C\c1cc(Br)ccc1OCCOc1nc2ccccc2s1. The van der Waals surface area contributed by atoms with Crippen molar-refractivity contribution < 1.29 is 14.3 Å². The molecule has 0 atom stereocenters. The maximum atomic E-state index is 11.9. The average molecular weight is 493 g/mol. The Kier molecular flexibility index (Phi) is 5.96. The quantitative estimate of drug-likeness (QED) is 0.296. The lowest BCUT2D eigenvalue weighted by molar-refractivity contribution is -0.115. The van der Waals surface area contributed by atoms with Crippen LogP contribution in [0.1, 0.15) is 5.56 Å². The fourth-order valence-electron chi connectivity index (χ4n) is 2.52. The monoisotopic (exact) mass is 492 g/mol. The Morgan fingerprint density at radius 3 is 2.79 bits per heavy atom. The molecule has 1 amide bonds. The van der Waals surface area contributed by atoms with Crippen LogP contribution in [0.5, 0.6) is 10.9 Å². The topological polar surface area (TPSA) is 60.5 Å². The first-order valence-electron chi connectivity index (χ1n) is 8.24. The van der Waals surface area contributed by atoms with Gasteiger partial charge in [0, 0.05) is 10.0 Å². The number of thiocarbonyl (C=S) groups is 1. The number of carbonyl (C=O) groups excluding carboxylic acids is 1. The number of nitrogens with one attached hydrogen (secondary N) is 1. The molecule has 3 aromatic rings. The first-order valence-corrected chi connectivity index (χ1v) is 11.1. The van der Waals surface area contributed by atoms with Gasteiger partial charge in [0.15, 0.2) is 0 Å². The number of hydrogen-bond acceptors (Lipinski definition) is 7. The fourth-order valence-corrected chi connectivity index (χ4v) is 4.77. The van der Waals surface area contributed by atoms with Crippen molar-refractivity contribution in [3.05, 3.63) is 57.4 Å². The maximum Gasteiger partial charge on any atom is 0.274 e. The van der Waals surface area contributed by atoms with Gasteiger partial charge in [0.2, 0.25) is 0 Å². The first-order chi connectivity index (χ1) is 13.6. The molecule has 0 radical (unpaired) electrons. The highest BCUT2D eigenvalue weighted by Gasteiger charge is 2.22. The molecular formula is C19H13BrN2O3S3. The molecule has 1 fully saturated rings. The number of thiazole rings is 1. The standard InChI is InChI=1S/C19H13BrN2O3S3/c20-12-5-6-14(11(9-12)10-16-17(23)22-19(26)28-16)24-7-8-25-18-21-13-3-1-2-4-15(13)27-18/h1-6,9-10H,7-8H2,(H,22,23,26)/b16-10-. The van der Waals surface area contributed by atoms with Crippen LogP contribution in [0.15, 0.2) is 51.8 Å². The lowest BCUT2D eigenvalue weighted by atomic mass is 10.2. The molecule has 1 N–H and O–H groups in total. The summed E-state index contributed by atoms with van der Waals surface area (Å²) in [6, 6.07) is 13.5. The number of fused-ring (bicyclic) bond motifs is 1. The summed E-state index contributed by atoms with van der Waals surface area (Å²) in [4.78, 5) is 16.9. The van der Waals surface area contributed by atoms with Crippen molar-refractivity contribution in [1.29, 1.82) is 0 Å². The maximum absolute atomic E-state index is 11.9. The molecule has 4 rings (SSSR count). The Labute approximate surface area is 183 Å². The molecule has 142 valence electrons. The van der Waals surface area contributed by atoms with Crippen LogP contribution in [0.25, 0.3) is 16.3 Å². The number of halogens is 1. The summed E-state index contributed by atoms with van der Waals surface area (Å²) in [5, 5.41) is 3.23. The van der Waals surface area contributed by atoms with Gasteiger partial charge in [-0.25, -0.2) is 4.98 Å². The highest BCUT2D eigenvalue weighted by Crippen LogP contribution is 2.31. The number of amides is 1.